The molecule has 41 heavy (non-hydrogen) atoms. The highest BCUT2D eigenvalue weighted by molar-refractivity contribution is 7.21. The van der Waals surface area contributed by atoms with Crippen LogP contribution in [0.15, 0.2) is 53.6 Å². The number of rotatable bonds is 18. The normalized spacial score (nSPS) is 11.2. The zero-order valence-electron chi connectivity index (χ0n) is 23.8. The minimum atomic E-state index is -0.568. The Morgan fingerprint density at radius 1 is 0.854 bits per heavy atom. The molecule has 1 heterocycles. The van der Waals surface area contributed by atoms with Crippen molar-refractivity contribution in [3.63, 3.8) is 0 Å². The fraction of sp³-hybridized carbons (Fsp3) is 0.438. The van der Waals surface area contributed by atoms with Gasteiger partial charge in [0.25, 0.3) is 5.91 Å². The van der Waals surface area contributed by atoms with Gasteiger partial charge in [-0.15, -0.1) is 11.3 Å². The Morgan fingerprint density at radius 3 is 2.20 bits per heavy atom. The number of carbonyl (C=O) groups excluding carboxylic acids is 3. The van der Waals surface area contributed by atoms with E-state index in [-0.39, 0.29) is 18.2 Å². The van der Waals surface area contributed by atoms with Gasteiger partial charge in [0, 0.05) is 22.1 Å². The number of carbonyl (C=O) groups is 3. The lowest BCUT2D eigenvalue weighted by Gasteiger charge is -2.07. The number of nitrogens with zero attached hydrogens (tertiary/aromatic N) is 1. The van der Waals surface area contributed by atoms with Gasteiger partial charge in [0.15, 0.2) is 0 Å². The van der Waals surface area contributed by atoms with Crippen LogP contribution < -0.4 is 15.5 Å². The smallest absolute Gasteiger partial charge is 0.355 e. The predicted octanol–water partition coefficient (Wildman–Crippen LogP) is 8.04. The zero-order chi connectivity index (χ0) is 29.3. The third-order valence-electron chi connectivity index (χ3n) is 6.69. The third-order valence-corrected chi connectivity index (χ3v) is 8.34. The average Bonchev–Trinajstić information content (AvgIpc) is 3.32. The van der Waals surface area contributed by atoms with Gasteiger partial charge in [-0.1, -0.05) is 113 Å². The molecule has 0 aliphatic carbocycles. The van der Waals surface area contributed by atoms with Crippen LogP contribution in [0.2, 0.25) is 5.02 Å². The van der Waals surface area contributed by atoms with Crippen molar-refractivity contribution in [3.05, 3.63) is 64.0 Å². The van der Waals surface area contributed by atoms with Crippen LogP contribution in [0.1, 0.15) is 99.2 Å². The zero-order valence-corrected chi connectivity index (χ0v) is 25.3. The van der Waals surface area contributed by atoms with E-state index in [1.807, 2.05) is 24.3 Å². The second-order valence-electron chi connectivity index (χ2n) is 10.0. The van der Waals surface area contributed by atoms with E-state index in [4.69, 9.17) is 16.3 Å². The number of amides is 2. The van der Waals surface area contributed by atoms with E-state index < -0.39 is 11.9 Å². The summed E-state index contributed by atoms with van der Waals surface area (Å²) in [6.07, 6.45) is 15.2. The molecular formula is C32H40ClN3O4S. The Kier molecular flexibility index (Phi) is 14.4. The van der Waals surface area contributed by atoms with Crippen LogP contribution >= 0.6 is 22.9 Å². The van der Waals surface area contributed by atoms with Gasteiger partial charge in [0.1, 0.15) is 10.6 Å². The molecule has 2 aromatic carbocycles. The van der Waals surface area contributed by atoms with Crippen LogP contribution in [0.25, 0.3) is 10.1 Å². The number of hydrogen-bond acceptors (Lipinski definition) is 6. The van der Waals surface area contributed by atoms with Gasteiger partial charge in [0.2, 0.25) is 5.91 Å². The molecule has 220 valence electrons. The first-order valence-corrected chi connectivity index (χ1v) is 15.8. The van der Waals surface area contributed by atoms with Crippen LogP contribution in [-0.4, -0.2) is 30.5 Å². The van der Waals surface area contributed by atoms with Crippen molar-refractivity contribution in [2.45, 2.75) is 84.0 Å². The van der Waals surface area contributed by atoms with Crippen LogP contribution in [0.5, 0.6) is 5.75 Å². The second kappa shape index (κ2) is 18.3. The number of nitrogens with one attached hydrogen (secondary N) is 2. The van der Waals surface area contributed by atoms with Gasteiger partial charge in [-0.2, -0.15) is 5.10 Å². The fourth-order valence-electron chi connectivity index (χ4n) is 4.40. The van der Waals surface area contributed by atoms with Crippen molar-refractivity contribution < 1.29 is 19.1 Å². The maximum absolute atomic E-state index is 12.8. The molecule has 0 fully saturated rings. The van der Waals surface area contributed by atoms with E-state index in [1.54, 1.807) is 24.3 Å². The molecule has 7 nitrogen and oxygen atoms in total. The molecule has 2 amide bonds. The number of hydrazone groups is 1. The van der Waals surface area contributed by atoms with Crippen molar-refractivity contribution in [1.82, 2.24) is 10.7 Å². The number of fused-ring (bicyclic) bond motifs is 1. The van der Waals surface area contributed by atoms with E-state index >= 15 is 0 Å². The van der Waals surface area contributed by atoms with Crippen LogP contribution in [0.3, 0.4) is 0 Å². The molecule has 9 heteroatoms. The number of para-hydroxylation sites is 1. The number of benzene rings is 2. The summed E-state index contributed by atoms with van der Waals surface area (Å²) in [4.78, 5) is 37.3. The summed E-state index contributed by atoms with van der Waals surface area (Å²) in [7, 11) is 0. The Labute approximate surface area is 251 Å². The Bertz CT molecular complexity index is 1310. The van der Waals surface area contributed by atoms with Gasteiger partial charge in [-0.05, 0) is 24.6 Å². The van der Waals surface area contributed by atoms with E-state index in [0.717, 1.165) is 29.3 Å². The summed E-state index contributed by atoms with van der Waals surface area (Å²) in [6, 6.07) is 14.3. The van der Waals surface area contributed by atoms with Gasteiger partial charge >= 0.3 is 5.97 Å². The van der Waals surface area contributed by atoms with Crippen molar-refractivity contribution >= 4 is 57.0 Å². The van der Waals surface area contributed by atoms with Crippen LogP contribution in [0, 0.1) is 0 Å². The topological polar surface area (TPSA) is 96.9 Å². The van der Waals surface area contributed by atoms with Crippen molar-refractivity contribution in [1.29, 1.82) is 0 Å². The number of unbranched alkanes of at least 4 members (excludes halogenated alkanes) is 10. The number of ether oxygens (including phenoxy) is 1. The van der Waals surface area contributed by atoms with E-state index in [9.17, 15) is 14.4 Å². The van der Waals surface area contributed by atoms with Gasteiger partial charge in [0.05, 0.1) is 17.8 Å². The summed E-state index contributed by atoms with van der Waals surface area (Å²) in [5.41, 5.74) is 2.89. The van der Waals surface area contributed by atoms with Crippen LogP contribution in [-0.2, 0) is 9.59 Å². The molecule has 0 saturated heterocycles. The molecule has 0 atom stereocenters. The number of esters is 1. The molecule has 0 bridgehead atoms. The Balaban J connectivity index is 1.33. The molecule has 0 spiro atoms. The first kappa shape index (κ1) is 32.3. The largest absolute Gasteiger partial charge is 0.422 e. The summed E-state index contributed by atoms with van der Waals surface area (Å²) < 4.78 is 6.49. The van der Waals surface area contributed by atoms with E-state index in [2.05, 4.69) is 22.8 Å². The molecular weight excluding hydrogens is 558 g/mol. The monoisotopic (exact) mass is 597 g/mol. The lowest BCUT2D eigenvalue weighted by Crippen LogP contribution is -2.34. The molecule has 2 N–H and O–H groups in total. The second-order valence-corrected chi connectivity index (χ2v) is 11.5. The number of thiophene rings is 1. The van der Waals surface area contributed by atoms with Crippen molar-refractivity contribution in [3.8, 4) is 5.75 Å². The average molecular weight is 598 g/mol. The summed E-state index contributed by atoms with van der Waals surface area (Å²) >= 11 is 7.68. The van der Waals surface area contributed by atoms with Crippen LogP contribution in [0.4, 0.5) is 0 Å². The molecule has 3 aromatic rings. The SMILES string of the molecule is CCCCCCCCCCCCCC(=O)NCC(=O)N/N=C\c1ccccc1OC(=O)c1sc2ccccc2c1Cl. The standard InChI is InChI=1S/C32H40ClN3O4S/c1-2-3-4-5-6-7-8-9-10-11-12-21-28(37)34-23-29(38)36-35-22-24-17-13-15-19-26(24)40-32(39)31-30(33)25-18-14-16-20-27(25)41-31/h13-20,22H,2-12,21,23H2,1H3,(H,34,37)(H,36,38)/b35-22-. The predicted molar refractivity (Wildman–Crippen MR) is 168 cm³/mol. The summed E-state index contributed by atoms with van der Waals surface area (Å²) in [5.74, 6) is -0.872. The number of halogens is 1. The quantitative estimate of drug-likeness (QED) is 0.0510. The lowest BCUT2D eigenvalue weighted by atomic mass is 10.1. The highest BCUT2D eigenvalue weighted by atomic mass is 35.5. The minimum absolute atomic E-state index is 0.141. The minimum Gasteiger partial charge on any atom is -0.422 e. The van der Waals surface area contributed by atoms with E-state index in [1.165, 1.54) is 68.9 Å². The Hall–Kier alpha value is -3.23. The third kappa shape index (κ3) is 11.3. The van der Waals surface area contributed by atoms with Gasteiger partial charge in [-0.3, -0.25) is 9.59 Å². The first-order valence-electron chi connectivity index (χ1n) is 14.6. The van der Waals surface area contributed by atoms with Crippen molar-refractivity contribution in [2.75, 3.05) is 6.54 Å². The first-order chi connectivity index (χ1) is 20.0. The Morgan fingerprint density at radius 2 is 1.49 bits per heavy atom. The fourth-order valence-corrected chi connectivity index (χ4v) is 5.79. The highest BCUT2D eigenvalue weighted by Crippen LogP contribution is 2.36. The summed E-state index contributed by atoms with van der Waals surface area (Å²) in [6.45, 7) is 2.08. The molecule has 3 rings (SSSR count). The maximum atomic E-state index is 12.8. The van der Waals surface area contributed by atoms with Gasteiger partial charge in [-0.25, -0.2) is 10.2 Å². The molecule has 0 unspecified atom stereocenters. The number of hydrogen-bond donors (Lipinski definition) is 2. The van der Waals surface area contributed by atoms with Gasteiger partial charge < -0.3 is 10.1 Å². The van der Waals surface area contributed by atoms with E-state index in [0.29, 0.717) is 21.9 Å². The van der Waals surface area contributed by atoms with Crippen molar-refractivity contribution in [2.24, 2.45) is 5.10 Å². The molecule has 0 radical (unpaired) electrons. The molecule has 0 saturated carbocycles. The summed E-state index contributed by atoms with van der Waals surface area (Å²) in [5, 5.41) is 7.75. The molecule has 1 aromatic heterocycles. The maximum Gasteiger partial charge on any atom is 0.355 e. The highest BCUT2D eigenvalue weighted by Gasteiger charge is 2.19. The lowest BCUT2D eigenvalue weighted by molar-refractivity contribution is -0.126. The molecule has 0 aliphatic heterocycles. The molecule has 0 aliphatic rings.